The molecular weight excluding hydrogens is 270 g/mol. The van der Waals surface area contributed by atoms with E-state index < -0.39 is 5.91 Å². The van der Waals surface area contributed by atoms with E-state index in [2.05, 4.69) is 22.7 Å². The standard InChI is InChI=1S/C14H23N5O2/c1-2-3-14(4-6-16-7-5-14)13(21)18-11-8-17-19(9-11)10-12(15)20/h8-9,16H,2-7,10H2,1H3,(H2,15,20)(H,18,21). The van der Waals surface area contributed by atoms with Gasteiger partial charge in [0, 0.05) is 6.20 Å². The third kappa shape index (κ3) is 3.81. The largest absolute Gasteiger partial charge is 0.368 e. The van der Waals surface area contributed by atoms with Crippen molar-refractivity contribution in [1.82, 2.24) is 15.1 Å². The van der Waals surface area contributed by atoms with Gasteiger partial charge in [0.15, 0.2) is 0 Å². The zero-order chi connectivity index (χ0) is 15.3. The van der Waals surface area contributed by atoms with Crippen LogP contribution in [0.2, 0.25) is 0 Å². The minimum Gasteiger partial charge on any atom is -0.368 e. The number of rotatable bonds is 6. The Kier molecular flexibility index (Phi) is 4.95. The zero-order valence-electron chi connectivity index (χ0n) is 12.4. The smallest absolute Gasteiger partial charge is 0.239 e. The minimum atomic E-state index is -0.461. The van der Waals surface area contributed by atoms with Crippen molar-refractivity contribution in [3.63, 3.8) is 0 Å². The summed E-state index contributed by atoms with van der Waals surface area (Å²) >= 11 is 0. The minimum absolute atomic E-state index is 0.0138. The van der Waals surface area contributed by atoms with Crippen LogP contribution in [0.15, 0.2) is 12.4 Å². The average molecular weight is 293 g/mol. The van der Waals surface area contributed by atoms with Crippen LogP contribution in [0.5, 0.6) is 0 Å². The summed E-state index contributed by atoms with van der Waals surface area (Å²) in [6.45, 7) is 3.85. The lowest BCUT2D eigenvalue weighted by Gasteiger charge is -2.35. The molecule has 2 amide bonds. The number of anilines is 1. The molecule has 0 aromatic carbocycles. The fourth-order valence-corrected chi connectivity index (χ4v) is 2.91. The summed E-state index contributed by atoms with van der Waals surface area (Å²) < 4.78 is 1.42. The molecule has 1 saturated heterocycles. The van der Waals surface area contributed by atoms with Gasteiger partial charge in [-0.25, -0.2) is 0 Å². The van der Waals surface area contributed by atoms with E-state index in [-0.39, 0.29) is 17.9 Å². The first-order chi connectivity index (χ1) is 10.1. The molecule has 1 aromatic heterocycles. The molecule has 0 spiro atoms. The summed E-state index contributed by atoms with van der Waals surface area (Å²) in [7, 11) is 0. The summed E-state index contributed by atoms with van der Waals surface area (Å²) in [5.74, 6) is -0.416. The Labute approximate surface area is 124 Å². The van der Waals surface area contributed by atoms with E-state index in [1.165, 1.54) is 4.68 Å². The van der Waals surface area contributed by atoms with Gasteiger partial charge in [-0.1, -0.05) is 13.3 Å². The lowest BCUT2D eigenvalue weighted by atomic mass is 9.74. The van der Waals surface area contributed by atoms with Crippen molar-refractivity contribution in [2.24, 2.45) is 11.1 Å². The predicted octanol–water partition coefficient (Wildman–Crippen LogP) is 0.477. The van der Waals surface area contributed by atoms with Crippen molar-refractivity contribution in [1.29, 1.82) is 0 Å². The third-order valence-electron chi connectivity index (χ3n) is 3.98. The van der Waals surface area contributed by atoms with Gasteiger partial charge in [-0.2, -0.15) is 5.10 Å². The van der Waals surface area contributed by atoms with E-state index in [9.17, 15) is 9.59 Å². The molecule has 1 aromatic rings. The zero-order valence-corrected chi connectivity index (χ0v) is 12.4. The molecule has 0 bridgehead atoms. The highest BCUT2D eigenvalue weighted by atomic mass is 16.2. The summed E-state index contributed by atoms with van der Waals surface area (Å²) in [5, 5.41) is 10.2. The van der Waals surface area contributed by atoms with Crippen molar-refractivity contribution in [3.8, 4) is 0 Å². The number of hydrogen-bond acceptors (Lipinski definition) is 4. The maximum atomic E-state index is 12.6. The number of piperidine rings is 1. The second-order valence-electron chi connectivity index (χ2n) is 5.63. The second-order valence-corrected chi connectivity index (χ2v) is 5.63. The Hall–Kier alpha value is -1.89. The van der Waals surface area contributed by atoms with Crippen LogP contribution >= 0.6 is 0 Å². The Balaban J connectivity index is 2.04. The number of carbonyl (C=O) groups is 2. The highest BCUT2D eigenvalue weighted by Crippen LogP contribution is 2.35. The maximum Gasteiger partial charge on any atom is 0.239 e. The van der Waals surface area contributed by atoms with Gasteiger partial charge in [0.25, 0.3) is 0 Å². The molecule has 0 saturated carbocycles. The molecule has 0 atom stereocenters. The third-order valence-corrected chi connectivity index (χ3v) is 3.98. The summed E-state index contributed by atoms with van der Waals surface area (Å²) in [5.41, 5.74) is 5.43. The van der Waals surface area contributed by atoms with Gasteiger partial charge in [0.2, 0.25) is 11.8 Å². The van der Waals surface area contributed by atoms with E-state index >= 15 is 0 Å². The summed E-state index contributed by atoms with van der Waals surface area (Å²) in [4.78, 5) is 23.5. The van der Waals surface area contributed by atoms with Crippen molar-refractivity contribution in [2.75, 3.05) is 18.4 Å². The van der Waals surface area contributed by atoms with Crippen LogP contribution in [0.4, 0.5) is 5.69 Å². The van der Waals surface area contributed by atoms with E-state index in [4.69, 9.17) is 5.73 Å². The van der Waals surface area contributed by atoms with Crippen LogP contribution in [0, 0.1) is 5.41 Å². The molecule has 116 valence electrons. The van der Waals surface area contributed by atoms with E-state index in [0.717, 1.165) is 38.8 Å². The van der Waals surface area contributed by atoms with Crippen LogP contribution in [0.3, 0.4) is 0 Å². The Morgan fingerprint density at radius 1 is 1.48 bits per heavy atom. The molecule has 1 aliphatic heterocycles. The molecule has 1 fully saturated rings. The summed E-state index contributed by atoms with van der Waals surface area (Å²) in [6.07, 6.45) is 6.74. The fraction of sp³-hybridized carbons (Fsp3) is 0.643. The highest BCUT2D eigenvalue weighted by molar-refractivity contribution is 5.95. The van der Waals surface area contributed by atoms with Crippen molar-refractivity contribution < 1.29 is 9.59 Å². The molecule has 1 aliphatic rings. The molecule has 7 heteroatoms. The van der Waals surface area contributed by atoms with E-state index in [1.807, 2.05) is 0 Å². The topological polar surface area (TPSA) is 102 Å². The first-order valence-electron chi connectivity index (χ1n) is 7.39. The molecular formula is C14H23N5O2. The second kappa shape index (κ2) is 6.71. The first kappa shape index (κ1) is 15.5. The number of nitrogens with one attached hydrogen (secondary N) is 2. The van der Waals surface area contributed by atoms with Gasteiger partial charge >= 0.3 is 0 Å². The molecule has 21 heavy (non-hydrogen) atoms. The Morgan fingerprint density at radius 3 is 2.81 bits per heavy atom. The predicted molar refractivity (Wildman–Crippen MR) is 79.5 cm³/mol. The summed E-state index contributed by atoms with van der Waals surface area (Å²) in [6, 6.07) is 0. The molecule has 2 heterocycles. The molecule has 2 rings (SSSR count). The Morgan fingerprint density at radius 2 is 2.19 bits per heavy atom. The Bertz CT molecular complexity index is 500. The first-order valence-corrected chi connectivity index (χ1v) is 7.39. The molecule has 0 aliphatic carbocycles. The van der Waals surface area contributed by atoms with Crippen molar-refractivity contribution in [2.45, 2.75) is 39.2 Å². The van der Waals surface area contributed by atoms with Gasteiger partial charge in [0.1, 0.15) is 6.54 Å². The molecule has 0 unspecified atom stereocenters. The average Bonchev–Trinajstić information content (AvgIpc) is 2.86. The maximum absolute atomic E-state index is 12.6. The monoisotopic (exact) mass is 293 g/mol. The van der Waals surface area contributed by atoms with Crippen LogP contribution in [0.25, 0.3) is 0 Å². The van der Waals surface area contributed by atoms with Crippen molar-refractivity contribution in [3.05, 3.63) is 12.4 Å². The van der Waals surface area contributed by atoms with Crippen molar-refractivity contribution >= 4 is 17.5 Å². The lowest BCUT2D eigenvalue weighted by Crippen LogP contribution is -2.44. The van der Waals surface area contributed by atoms with Crippen LogP contribution in [0.1, 0.15) is 32.6 Å². The van der Waals surface area contributed by atoms with Crippen LogP contribution < -0.4 is 16.4 Å². The molecule has 7 nitrogen and oxygen atoms in total. The number of primary amides is 1. The molecule has 4 N–H and O–H groups in total. The van der Waals surface area contributed by atoms with Gasteiger partial charge in [-0.05, 0) is 32.4 Å². The van der Waals surface area contributed by atoms with Gasteiger partial charge < -0.3 is 16.4 Å². The number of amides is 2. The highest BCUT2D eigenvalue weighted by Gasteiger charge is 2.38. The number of hydrogen-bond donors (Lipinski definition) is 3. The quantitative estimate of drug-likeness (QED) is 0.709. The van der Waals surface area contributed by atoms with E-state index in [1.54, 1.807) is 12.4 Å². The number of carbonyl (C=O) groups excluding carboxylic acids is 2. The van der Waals surface area contributed by atoms with Crippen LogP contribution in [-0.4, -0.2) is 34.7 Å². The molecule has 0 radical (unpaired) electrons. The SMILES string of the molecule is CCCC1(C(=O)Nc2cnn(CC(N)=O)c2)CCNCC1. The fourth-order valence-electron chi connectivity index (χ4n) is 2.91. The normalized spacial score (nSPS) is 17.4. The van der Waals surface area contributed by atoms with E-state index in [0.29, 0.717) is 5.69 Å². The van der Waals surface area contributed by atoms with Gasteiger partial charge in [-0.15, -0.1) is 0 Å². The number of aromatic nitrogens is 2. The lowest BCUT2D eigenvalue weighted by molar-refractivity contribution is -0.127. The number of nitrogens with zero attached hydrogens (tertiary/aromatic N) is 2. The number of nitrogens with two attached hydrogens (primary N) is 1. The van der Waals surface area contributed by atoms with Crippen LogP contribution in [-0.2, 0) is 16.1 Å². The van der Waals surface area contributed by atoms with Gasteiger partial charge in [0.05, 0.1) is 17.3 Å². The van der Waals surface area contributed by atoms with Gasteiger partial charge in [-0.3, -0.25) is 14.3 Å².